The number of carbonyl (C=O) groups excluding carboxylic acids is 2. The lowest BCUT2D eigenvalue weighted by molar-refractivity contribution is -0.734. The van der Waals surface area contributed by atoms with Crippen molar-refractivity contribution in [3.8, 4) is 67.0 Å². The number of ether oxygens (including phenoxy) is 2. The van der Waals surface area contributed by atoms with Crippen LogP contribution >= 0.6 is 22.7 Å². The van der Waals surface area contributed by atoms with Crippen LogP contribution in [0.25, 0.3) is 76.0 Å². The number of thiazole rings is 2. The summed E-state index contributed by atoms with van der Waals surface area (Å²) in [5.41, 5.74) is 6.09. The van der Waals surface area contributed by atoms with E-state index in [0.29, 0.717) is 67.0 Å². The first-order valence-corrected chi connectivity index (χ1v) is 25.8. The van der Waals surface area contributed by atoms with Gasteiger partial charge in [-0.25, -0.2) is 18.4 Å². The number of fused-ring (bicyclic) bond motifs is 2. The van der Waals surface area contributed by atoms with Gasteiger partial charge in [0, 0.05) is 33.8 Å². The molecule has 4 heterocycles. The number of methoxy groups -OCH3 is 2. The number of hydrogen-bond donors (Lipinski definition) is 2. The van der Waals surface area contributed by atoms with Gasteiger partial charge in [0.15, 0.2) is 11.5 Å². The van der Waals surface area contributed by atoms with Gasteiger partial charge in [-0.2, -0.15) is 0 Å². The molecule has 2 unspecified atom stereocenters. The summed E-state index contributed by atoms with van der Waals surface area (Å²) in [6.07, 6.45) is 0. The van der Waals surface area contributed by atoms with Crippen molar-refractivity contribution in [1.29, 1.82) is 0 Å². The van der Waals surface area contributed by atoms with E-state index in [-0.39, 0.29) is 43.3 Å². The molecule has 0 aliphatic rings. The molecule has 22 nitrogen and oxygen atoms in total. The molecule has 2 atom stereocenters. The van der Waals surface area contributed by atoms with Crippen molar-refractivity contribution >= 4 is 77.6 Å². The monoisotopic (exact) mass is 1150 g/mol. The van der Waals surface area contributed by atoms with Gasteiger partial charge < -0.3 is 46.2 Å². The van der Waals surface area contributed by atoms with Crippen LogP contribution in [0, 0.1) is 0 Å². The number of para-hydroxylation sites is 2. The van der Waals surface area contributed by atoms with E-state index < -0.39 is 34.5 Å². The molecule has 0 spiro atoms. The third kappa shape index (κ3) is 11.6. The fraction of sp³-hybridized carbons (Fsp3) is 0.125. The quantitative estimate of drug-likeness (QED) is 0.0663. The fourth-order valence-electron chi connectivity index (χ4n) is 7.59. The molecule has 10 aromatic rings. The van der Waals surface area contributed by atoms with Gasteiger partial charge in [0.05, 0.1) is 91.9 Å². The van der Waals surface area contributed by atoms with Crippen molar-refractivity contribution in [1.82, 2.24) is 50.6 Å². The van der Waals surface area contributed by atoms with Gasteiger partial charge >= 0.3 is 11.6 Å². The van der Waals surface area contributed by atoms with Crippen molar-refractivity contribution < 1.29 is 71.5 Å². The highest BCUT2D eigenvalue weighted by atomic mass is 79.9. The van der Waals surface area contributed by atoms with Crippen molar-refractivity contribution in [2.75, 3.05) is 40.5 Å². The van der Waals surface area contributed by atoms with Crippen LogP contribution in [0.4, 0.5) is 0 Å². The number of halogens is 1. The zero-order chi connectivity index (χ0) is 51.3. The van der Waals surface area contributed by atoms with Crippen LogP contribution < -0.4 is 46.7 Å². The smallest absolute Gasteiger partial charge is 0.340 e. The molecule has 4 aromatic heterocycles. The van der Waals surface area contributed by atoms with E-state index in [0.717, 1.165) is 31.6 Å². The third-order valence-corrected chi connectivity index (χ3v) is 13.8. The fourth-order valence-corrected chi connectivity index (χ4v) is 9.84. The average molecular weight is 1150 g/mol. The summed E-state index contributed by atoms with van der Waals surface area (Å²) in [5, 5.41) is 26.0. The van der Waals surface area contributed by atoms with Crippen LogP contribution in [-0.4, -0.2) is 110 Å². The van der Waals surface area contributed by atoms with E-state index in [1.165, 1.54) is 22.7 Å². The molecule has 6 aromatic carbocycles. The Morgan fingerprint density at radius 3 is 1.33 bits per heavy atom. The minimum absolute atomic E-state index is 0. The van der Waals surface area contributed by atoms with Gasteiger partial charge in [-0.1, -0.05) is 46.9 Å². The number of carbonyl (C=O) groups is 2. The molecule has 2 N–H and O–H groups in total. The molecule has 0 radical (unpaired) electrons. The summed E-state index contributed by atoms with van der Waals surface area (Å²) in [5.74, 6) is 0.747. The molecule has 2 amide bonds. The predicted octanol–water partition coefficient (Wildman–Crippen LogP) is 1.72. The second-order valence-corrected chi connectivity index (χ2v) is 18.9. The molecule has 75 heavy (non-hydrogen) atoms. The molecule has 0 aliphatic carbocycles. The third-order valence-electron chi connectivity index (χ3n) is 11.1. The first-order valence-electron chi connectivity index (χ1n) is 22.1. The zero-order valence-corrected chi connectivity index (χ0v) is 43.9. The number of hydrogen-bond acceptors (Lipinski definition) is 18. The van der Waals surface area contributed by atoms with Crippen LogP contribution in [-0.2, 0) is 31.1 Å². The maximum absolute atomic E-state index is 12.8. The summed E-state index contributed by atoms with van der Waals surface area (Å²) < 4.78 is 65.6. The van der Waals surface area contributed by atoms with Crippen LogP contribution in [0.2, 0.25) is 0 Å². The van der Waals surface area contributed by atoms with E-state index in [4.69, 9.17) is 39.8 Å². The molecule has 0 fully saturated rings. The molecule has 0 saturated heterocycles. The van der Waals surface area contributed by atoms with Crippen LogP contribution in [0.5, 0.6) is 11.5 Å². The van der Waals surface area contributed by atoms with E-state index in [9.17, 15) is 27.1 Å². The Hall–Kier alpha value is -7.60. The second kappa shape index (κ2) is 23.3. The summed E-state index contributed by atoms with van der Waals surface area (Å²) in [6.45, 7) is -0.393. The summed E-state index contributed by atoms with van der Waals surface area (Å²) in [7, 11) is 3.13. The Balaban J connectivity index is 0.00000689. The standard InChI is InChI=1S/C48H38N12O10S4.BrH/c1-67-39-27-33(19-21-37(39)57-53-43(55-59(57)47-51-35-7-3-5-9-41(35)71-47)29-11-15-31(16-12-29)45(61)49-23-25-69-73(63)64)34-20-22-38(40(28-34)68-2)58-54-44(56-60(58)48-52-36-8-4-6-10-42(36)72-48)30-13-17-32(18-14-30)46(62)50-24-26-70-74(65)66;/h3-22,27-28H,23-26H2,1-2H3,(H2-2,49,50,61,62,63,64,65,66);1H/p-1. The molecule has 0 aliphatic heterocycles. The van der Waals surface area contributed by atoms with Crippen molar-refractivity contribution in [2.24, 2.45) is 0 Å². The number of rotatable bonds is 19. The Kier molecular flexibility index (Phi) is 16.2. The minimum atomic E-state index is -2.68. The van der Waals surface area contributed by atoms with Gasteiger partial charge in [0.2, 0.25) is 11.4 Å². The number of aromatic nitrogens is 10. The molecule has 0 bridgehead atoms. The Morgan fingerprint density at radius 2 is 0.960 bits per heavy atom. The van der Waals surface area contributed by atoms with E-state index in [1.54, 1.807) is 81.9 Å². The lowest BCUT2D eigenvalue weighted by Gasteiger charge is -2.10. The predicted molar refractivity (Wildman–Crippen MR) is 270 cm³/mol. The average Bonchev–Trinajstić information content (AvgIpc) is 4.26. The van der Waals surface area contributed by atoms with Crippen LogP contribution in [0.15, 0.2) is 133 Å². The SMILES string of the molecule is COc1cc(-c2ccc(-[n+]3nc(-c4ccc(C(=O)NCCOS(=O)[O-])cc4)nn3-c3nc4ccccc4s3)c(OC)c2)ccc1-[n+]1nc(-c2ccc(C(=O)NCCOS(=O)[O-])cc2)nn1-c1nc2ccccc2s1.[Br-]. The number of nitrogens with zero attached hydrogens (tertiary/aromatic N) is 10. The lowest BCUT2D eigenvalue weighted by Crippen LogP contribution is -3.00. The molecule has 10 rings (SSSR count). The highest BCUT2D eigenvalue weighted by Gasteiger charge is 2.31. The van der Waals surface area contributed by atoms with Gasteiger partial charge in [0.25, 0.3) is 22.1 Å². The van der Waals surface area contributed by atoms with Crippen molar-refractivity contribution in [3.63, 3.8) is 0 Å². The first-order chi connectivity index (χ1) is 36.0. The lowest BCUT2D eigenvalue weighted by atomic mass is 10.0. The van der Waals surface area contributed by atoms with Crippen molar-refractivity contribution in [3.05, 3.63) is 145 Å². The van der Waals surface area contributed by atoms with Gasteiger partial charge in [-0.05, 0) is 140 Å². The van der Waals surface area contributed by atoms with Gasteiger partial charge in [0.1, 0.15) is 0 Å². The second-order valence-electron chi connectivity index (χ2n) is 15.6. The van der Waals surface area contributed by atoms with E-state index >= 15 is 0 Å². The normalized spacial score (nSPS) is 12.1. The highest BCUT2D eigenvalue weighted by molar-refractivity contribution is 7.74. The highest BCUT2D eigenvalue weighted by Crippen LogP contribution is 2.33. The van der Waals surface area contributed by atoms with Crippen LogP contribution in [0.1, 0.15) is 20.7 Å². The number of benzene rings is 6. The van der Waals surface area contributed by atoms with Gasteiger partial charge in [-0.3, -0.25) is 18.0 Å². The van der Waals surface area contributed by atoms with E-state index in [2.05, 4.69) is 19.0 Å². The van der Waals surface area contributed by atoms with Crippen molar-refractivity contribution in [2.45, 2.75) is 0 Å². The maximum Gasteiger partial charge on any atom is 0.340 e. The first kappa shape index (κ1) is 52.3. The number of amides is 2. The molecular weight excluding hydrogens is 1110 g/mol. The number of nitrogens with one attached hydrogen (secondary N) is 2. The van der Waals surface area contributed by atoms with Crippen LogP contribution in [0.3, 0.4) is 0 Å². The van der Waals surface area contributed by atoms with Gasteiger partial charge in [-0.15, -0.1) is 0 Å². The topological polar surface area (TPSA) is 270 Å². The summed E-state index contributed by atoms with van der Waals surface area (Å²) >= 11 is -2.49. The maximum atomic E-state index is 12.8. The Morgan fingerprint density at radius 1 is 0.573 bits per heavy atom. The van der Waals surface area contributed by atoms with E-state index in [1.807, 2.05) is 84.9 Å². The number of tetrazole rings is 2. The summed E-state index contributed by atoms with van der Waals surface area (Å²) in [6, 6.07) is 40.1. The largest absolute Gasteiger partial charge is 1.00 e. The minimum Gasteiger partial charge on any atom is -1.00 e. The zero-order valence-electron chi connectivity index (χ0n) is 39.1. The molecule has 27 heteroatoms. The Labute approximate surface area is 449 Å². The molecule has 0 saturated carbocycles. The summed E-state index contributed by atoms with van der Waals surface area (Å²) in [4.78, 5) is 41.6. The molecular formula is C48H38BrN12O10S4-. The Bertz CT molecular complexity index is 3450. The molecule has 382 valence electrons.